The van der Waals surface area contributed by atoms with Crippen molar-refractivity contribution in [2.24, 2.45) is 0 Å². The van der Waals surface area contributed by atoms with E-state index in [9.17, 15) is 9.18 Å². The molecule has 0 saturated carbocycles. The second-order valence-electron chi connectivity index (χ2n) is 4.39. The van der Waals surface area contributed by atoms with Crippen LogP contribution in [0.3, 0.4) is 0 Å². The molecule has 0 radical (unpaired) electrons. The van der Waals surface area contributed by atoms with Crippen LogP contribution in [0.15, 0.2) is 36.7 Å². The number of carbonyl (C=O) groups excluding carboxylic acids is 1. The summed E-state index contributed by atoms with van der Waals surface area (Å²) in [5, 5.41) is 0.342. The van der Waals surface area contributed by atoms with E-state index in [0.717, 1.165) is 11.1 Å². The highest BCUT2D eigenvalue weighted by Gasteiger charge is 2.17. The fourth-order valence-electron chi connectivity index (χ4n) is 2.28. The van der Waals surface area contributed by atoms with E-state index in [1.165, 1.54) is 6.07 Å². The lowest BCUT2D eigenvalue weighted by molar-refractivity contribution is 0.112. The van der Waals surface area contributed by atoms with Crippen molar-refractivity contribution in [2.45, 2.75) is 6.92 Å². The molecule has 0 fully saturated rings. The Morgan fingerprint density at radius 3 is 2.84 bits per heavy atom. The largest absolute Gasteiger partial charge is 0.354 e. The topological polar surface area (TPSA) is 45.8 Å². The van der Waals surface area contributed by atoms with Crippen molar-refractivity contribution in [2.75, 3.05) is 0 Å². The van der Waals surface area contributed by atoms with Gasteiger partial charge in [0.15, 0.2) is 6.29 Å². The van der Waals surface area contributed by atoms with Crippen LogP contribution in [0.2, 0.25) is 0 Å². The summed E-state index contributed by atoms with van der Waals surface area (Å²) in [4.78, 5) is 18.5. The molecule has 0 atom stereocenters. The first kappa shape index (κ1) is 11.6. The third kappa shape index (κ3) is 1.73. The molecule has 0 saturated heterocycles. The Hall–Kier alpha value is -2.49. The molecule has 0 aliphatic heterocycles. The Labute approximate surface area is 109 Å². The number of halogens is 1. The predicted octanol–water partition coefficient (Wildman–Crippen LogP) is 3.49. The molecule has 1 N–H and O–H groups in total. The van der Waals surface area contributed by atoms with Gasteiger partial charge in [0.05, 0.1) is 16.8 Å². The van der Waals surface area contributed by atoms with Crippen LogP contribution in [-0.2, 0) is 0 Å². The molecule has 0 spiro atoms. The molecule has 0 unspecified atom stereocenters. The number of aromatic amines is 1. The van der Waals surface area contributed by atoms with Crippen LogP contribution in [0.4, 0.5) is 4.39 Å². The number of aldehydes is 1. The number of aryl methyl sites for hydroxylation is 1. The fourth-order valence-corrected chi connectivity index (χ4v) is 2.28. The lowest BCUT2D eigenvalue weighted by Gasteiger charge is -1.98. The number of aromatic nitrogens is 2. The SMILES string of the molecule is Cc1ccc(F)c2c(C=O)c(-c3cccnc3)[nH]c12. The van der Waals surface area contributed by atoms with Crippen LogP contribution in [0.1, 0.15) is 15.9 Å². The second kappa shape index (κ2) is 4.31. The minimum Gasteiger partial charge on any atom is -0.354 e. The highest BCUT2D eigenvalue weighted by atomic mass is 19.1. The van der Waals surface area contributed by atoms with Crippen molar-refractivity contribution >= 4 is 17.2 Å². The lowest BCUT2D eigenvalue weighted by Crippen LogP contribution is -1.86. The average Bonchev–Trinajstić information content (AvgIpc) is 2.84. The lowest BCUT2D eigenvalue weighted by atomic mass is 10.1. The number of rotatable bonds is 2. The predicted molar refractivity (Wildman–Crippen MR) is 71.6 cm³/mol. The van der Waals surface area contributed by atoms with Gasteiger partial charge in [-0.05, 0) is 30.7 Å². The average molecular weight is 254 g/mol. The molecule has 0 aliphatic rings. The van der Waals surface area contributed by atoms with Gasteiger partial charge in [0.25, 0.3) is 0 Å². The summed E-state index contributed by atoms with van der Waals surface area (Å²) in [7, 11) is 0. The van der Waals surface area contributed by atoms with Gasteiger partial charge in [-0.15, -0.1) is 0 Å². The number of benzene rings is 1. The number of carbonyl (C=O) groups is 1. The maximum atomic E-state index is 13.9. The summed E-state index contributed by atoms with van der Waals surface area (Å²) in [6.07, 6.45) is 3.98. The third-order valence-corrected chi connectivity index (χ3v) is 3.22. The Kier molecular flexibility index (Phi) is 2.63. The molecule has 1 aromatic carbocycles. The van der Waals surface area contributed by atoms with Crippen molar-refractivity contribution in [1.29, 1.82) is 0 Å². The van der Waals surface area contributed by atoms with Gasteiger partial charge in [0, 0.05) is 23.3 Å². The van der Waals surface area contributed by atoms with E-state index in [2.05, 4.69) is 9.97 Å². The van der Waals surface area contributed by atoms with E-state index >= 15 is 0 Å². The molecule has 4 heteroatoms. The van der Waals surface area contributed by atoms with Gasteiger partial charge in [-0.25, -0.2) is 4.39 Å². The maximum absolute atomic E-state index is 13.9. The van der Waals surface area contributed by atoms with E-state index in [0.29, 0.717) is 28.4 Å². The van der Waals surface area contributed by atoms with Gasteiger partial charge in [0.1, 0.15) is 5.82 Å². The van der Waals surface area contributed by atoms with E-state index in [1.54, 1.807) is 24.5 Å². The zero-order valence-corrected chi connectivity index (χ0v) is 10.3. The number of fused-ring (bicyclic) bond motifs is 1. The van der Waals surface area contributed by atoms with Gasteiger partial charge in [-0.3, -0.25) is 9.78 Å². The van der Waals surface area contributed by atoms with Gasteiger partial charge in [-0.1, -0.05) is 6.07 Å². The summed E-state index contributed by atoms with van der Waals surface area (Å²) in [6.45, 7) is 1.87. The van der Waals surface area contributed by atoms with E-state index < -0.39 is 5.82 Å². The molecular weight excluding hydrogens is 243 g/mol. The van der Waals surface area contributed by atoms with Crippen molar-refractivity contribution in [3.05, 3.63) is 53.6 Å². The Morgan fingerprint density at radius 2 is 2.16 bits per heavy atom. The fraction of sp³-hybridized carbons (Fsp3) is 0.0667. The summed E-state index contributed by atoms with van der Waals surface area (Å²) in [6, 6.07) is 6.68. The van der Waals surface area contributed by atoms with Gasteiger partial charge in [-0.2, -0.15) is 0 Å². The zero-order valence-electron chi connectivity index (χ0n) is 10.3. The van der Waals surface area contributed by atoms with Crippen molar-refractivity contribution < 1.29 is 9.18 Å². The van der Waals surface area contributed by atoms with E-state index in [4.69, 9.17) is 0 Å². The van der Waals surface area contributed by atoms with Crippen molar-refractivity contribution in [3.63, 3.8) is 0 Å². The van der Waals surface area contributed by atoms with Crippen LogP contribution in [0, 0.1) is 12.7 Å². The summed E-state index contributed by atoms with van der Waals surface area (Å²) in [5.74, 6) is -0.394. The summed E-state index contributed by atoms with van der Waals surface area (Å²) < 4.78 is 13.9. The Morgan fingerprint density at radius 1 is 1.32 bits per heavy atom. The molecule has 3 rings (SSSR count). The highest BCUT2D eigenvalue weighted by Crippen LogP contribution is 2.31. The van der Waals surface area contributed by atoms with Gasteiger partial charge < -0.3 is 4.98 Å². The summed E-state index contributed by atoms with van der Waals surface area (Å²) >= 11 is 0. The molecule has 0 aliphatic carbocycles. The molecule has 0 amide bonds. The quantitative estimate of drug-likeness (QED) is 0.711. The first-order valence-corrected chi connectivity index (χ1v) is 5.88. The number of hydrogen-bond acceptors (Lipinski definition) is 2. The molecule has 0 bridgehead atoms. The van der Waals surface area contributed by atoms with Gasteiger partial charge in [0.2, 0.25) is 0 Å². The van der Waals surface area contributed by atoms with Crippen molar-refractivity contribution in [3.8, 4) is 11.3 Å². The highest BCUT2D eigenvalue weighted by molar-refractivity contribution is 6.05. The Bertz CT molecular complexity index is 763. The zero-order chi connectivity index (χ0) is 13.4. The molecule has 3 nitrogen and oxygen atoms in total. The molecular formula is C15H11FN2O. The normalized spacial score (nSPS) is 10.8. The third-order valence-electron chi connectivity index (χ3n) is 3.22. The van der Waals surface area contributed by atoms with Crippen LogP contribution in [0.25, 0.3) is 22.2 Å². The first-order chi connectivity index (χ1) is 9.22. The summed E-state index contributed by atoms with van der Waals surface area (Å²) in [5.41, 5.74) is 3.26. The van der Waals surface area contributed by atoms with Crippen LogP contribution in [0.5, 0.6) is 0 Å². The van der Waals surface area contributed by atoms with Crippen LogP contribution >= 0.6 is 0 Å². The minimum atomic E-state index is -0.394. The van der Waals surface area contributed by atoms with Crippen molar-refractivity contribution in [1.82, 2.24) is 9.97 Å². The smallest absolute Gasteiger partial charge is 0.152 e. The number of H-pyrrole nitrogens is 1. The molecule has 94 valence electrons. The number of nitrogens with one attached hydrogen (secondary N) is 1. The molecule has 3 aromatic rings. The van der Waals surface area contributed by atoms with Crippen LogP contribution in [-0.4, -0.2) is 16.3 Å². The monoisotopic (exact) mass is 254 g/mol. The van der Waals surface area contributed by atoms with Crippen LogP contribution < -0.4 is 0 Å². The Balaban J connectivity index is 2.42. The van der Waals surface area contributed by atoms with E-state index in [1.807, 2.05) is 13.0 Å². The standard InChI is InChI=1S/C15H11FN2O/c1-9-4-5-12(16)13-11(8-19)15(18-14(9)13)10-3-2-6-17-7-10/h2-8,18H,1H3. The number of hydrogen-bond donors (Lipinski definition) is 1. The molecule has 2 aromatic heterocycles. The first-order valence-electron chi connectivity index (χ1n) is 5.88. The van der Waals surface area contributed by atoms with E-state index in [-0.39, 0.29) is 0 Å². The second-order valence-corrected chi connectivity index (χ2v) is 4.39. The van der Waals surface area contributed by atoms with Gasteiger partial charge >= 0.3 is 0 Å². The minimum absolute atomic E-state index is 0.337. The number of nitrogens with zero attached hydrogens (tertiary/aromatic N) is 1. The molecule has 2 heterocycles. The maximum Gasteiger partial charge on any atom is 0.152 e. The number of pyridine rings is 1. The molecule has 19 heavy (non-hydrogen) atoms.